The second-order valence-electron chi connectivity index (χ2n) is 4.84. The lowest BCUT2D eigenvalue weighted by Crippen LogP contribution is -1.79. The van der Waals surface area contributed by atoms with Crippen molar-refractivity contribution in [3.8, 4) is 0 Å². The molecule has 1 aromatic rings. The van der Waals surface area contributed by atoms with Crippen LogP contribution in [0.1, 0.15) is 50.5 Å². The molecule has 0 nitrogen and oxygen atoms in total. The highest BCUT2D eigenvalue weighted by Gasteiger charge is 2.35. The van der Waals surface area contributed by atoms with Crippen molar-refractivity contribution in [2.45, 2.75) is 44.9 Å². The lowest BCUT2D eigenvalue weighted by molar-refractivity contribution is 0.727. The van der Waals surface area contributed by atoms with Crippen molar-refractivity contribution < 1.29 is 0 Å². The minimum Gasteiger partial charge on any atom is -0.0882 e. The van der Waals surface area contributed by atoms with Crippen LogP contribution < -0.4 is 0 Å². The third kappa shape index (κ3) is 3.23. The van der Waals surface area contributed by atoms with E-state index in [0.29, 0.717) is 0 Å². The zero-order valence-corrected chi connectivity index (χ0v) is 10.2. The lowest BCUT2D eigenvalue weighted by atomic mass is 10.1. The maximum atomic E-state index is 2.44. The number of allylic oxidation sites excluding steroid dienone is 2. The minimum absolute atomic E-state index is 0.809. The first-order valence-electron chi connectivity index (χ1n) is 6.63. The molecule has 2 rings (SSSR count). The normalized spacial score (nSPS) is 23.8. The molecule has 0 spiro atoms. The van der Waals surface area contributed by atoms with E-state index in [1.165, 1.54) is 37.7 Å². The Bertz CT molecular complexity index is 323. The van der Waals surface area contributed by atoms with Crippen LogP contribution in [0.15, 0.2) is 42.5 Å². The molecule has 0 heterocycles. The van der Waals surface area contributed by atoms with Crippen LogP contribution in [-0.2, 0) is 0 Å². The number of rotatable bonds is 6. The van der Waals surface area contributed by atoms with Gasteiger partial charge in [-0.3, -0.25) is 0 Å². The van der Waals surface area contributed by atoms with Crippen molar-refractivity contribution in [2.24, 2.45) is 5.92 Å². The molecule has 1 fully saturated rings. The van der Waals surface area contributed by atoms with Gasteiger partial charge in [0.1, 0.15) is 0 Å². The van der Waals surface area contributed by atoms with Crippen LogP contribution in [0, 0.1) is 5.92 Å². The molecular formula is C16H22. The summed E-state index contributed by atoms with van der Waals surface area (Å²) in [5.74, 6) is 1.63. The monoisotopic (exact) mass is 214 g/mol. The molecule has 0 bridgehead atoms. The van der Waals surface area contributed by atoms with Crippen LogP contribution >= 0.6 is 0 Å². The summed E-state index contributed by atoms with van der Waals surface area (Å²) in [6.45, 7) is 2.26. The van der Waals surface area contributed by atoms with Crippen LogP contribution in [-0.4, -0.2) is 0 Å². The van der Waals surface area contributed by atoms with Crippen molar-refractivity contribution in [1.82, 2.24) is 0 Å². The van der Waals surface area contributed by atoms with Gasteiger partial charge in [-0.2, -0.15) is 0 Å². The van der Waals surface area contributed by atoms with E-state index in [9.17, 15) is 0 Å². The fourth-order valence-electron chi connectivity index (χ4n) is 2.29. The summed E-state index contributed by atoms with van der Waals surface area (Å²) < 4.78 is 0. The largest absolute Gasteiger partial charge is 0.0882 e. The van der Waals surface area contributed by atoms with Gasteiger partial charge < -0.3 is 0 Å². The van der Waals surface area contributed by atoms with Crippen molar-refractivity contribution in [2.75, 3.05) is 0 Å². The van der Waals surface area contributed by atoms with Gasteiger partial charge in [0.2, 0.25) is 0 Å². The Labute approximate surface area is 99.4 Å². The zero-order valence-electron chi connectivity index (χ0n) is 10.2. The molecule has 1 aromatic carbocycles. The average Bonchev–Trinajstić information content (AvgIpc) is 3.10. The fourth-order valence-corrected chi connectivity index (χ4v) is 2.29. The minimum atomic E-state index is 0.809. The van der Waals surface area contributed by atoms with Crippen LogP contribution in [0.2, 0.25) is 0 Å². The van der Waals surface area contributed by atoms with Gasteiger partial charge in [-0.05, 0) is 36.7 Å². The number of hydrogen-bond acceptors (Lipinski definition) is 0. The molecule has 0 radical (unpaired) electrons. The molecule has 1 aliphatic carbocycles. The van der Waals surface area contributed by atoms with Crippen LogP contribution in [0.5, 0.6) is 0 Å². The Morgan fingerprint density at radius 3 is 2.75 bits per heavy atom. The molecular weight excluding hydrogens is 192 g/mol. The number of hydrogen-bond donors (Lipinski definition) is 0. The average molecular weight is 214 g/mol. The van der Waals surface area contributed by atoms with Gasteiger partial charge in [0.05, 0.1) is 0 Å². The Kier molecular flexibility index (Phi) is 4.21. The summed E-state index contributed by atoms with van der Waals surface area (Å²) >= 11 is 0. The smallest absolute Gasteiger partial charge is 0.00930 e. The van der Waals surface area contributed by atoms with Gasteiger partial charge in [-0.1, -0.05) is 62.2 Å². The molecule has 16 heavy (non-hydrogen) atoms. The number of benzene rings is 1. The van der Waals surface area contributed by atoms with E-state index in [1.54, 1.807) is 0 Å². The van der Waals surface area contributed by atoms with E-state index in [-0.39, 0.29) is 0 Å². The Morgan fingerprint density at radius 1 is 1.19 bits per heavy atom. The second-order valence-corrected chi connectivity index (χ2v) is 4.84. The highest BCUT2D eigenvalue weighted by Crippen LogP contribution is 2.48. The van der Waals surface area contributed by atoms with Gasteiger partial charge in [0.15, 0.2) is 0 Å². The van der Waals surface area contributed by atoms with Crippen molar-refractivity contribution in [3.63, 3.8) is 0 Å². The van der Waals surface area contributed by atoms with Crippen molar-refractivity contribution in [3.05, 3.63) is 48.0 Å². The predicted molar refractivity (Wildman–Crippen MR) is 70.6 cm³/mol. The maximum absolute atomic E-state index is 2.44. The molecule has 0 aliphatic heterocycles. The summed E-state index contributed by atoms with van der Waals surface area (Å²) in [7, 11) is 0. The SMILES string of the molecule is CCCCC/C=C/[C@@H]1C[C@H]1c1ccccc1. The molecule has 0 unspecified atom stereocenters. The highest BCUT2D eigenvalue weighted by atomic mass is 14.4. The third-order valence-corrected chi connectivity index (χ3v) is 3.43. The van der Waals surface area contributed by atoms with E-state index in [2.05, 4.69) is 49.4 Å². The summed E-state index contributed by atoms with van der Waals surface area (Å²) in [6.07, 6.45) is 11.5. The van der Waals surface area contributed by atoms with Gasteiger partial charge in [-0.25, -0.2) is 0 Å². The van der Waals surface area contributed by atoms with E-state index < -0.39 is 0 Å². The standard InChI is InChI=1S/C16H22/c1-2-3-4-5-7-12-15-13-16(15)14-10-8-6-9-11-14/h6-12,15-16H,2-5,13H2,1H3/b12-7+/t15-,16+/m1/s1. The van der Waals surface area contributed by atoms with E-state index in [4.69, 9.17) is 0 Å². The number of unbranched alkanes of at least 4 members (excludes halogenated alkanes) is 3. The first kappa shape index (κ1) is 11.4. The molecule has 0 heteroatoms. The van der Waals surface area contributed by atoms with Crippen LogP contribution in [0.4, 0.5) is 0 Å². The molecule has 0 amide bonds. The summed E-state index contributed by atoms with van der Waals surface area (Å²) in [5.41, 5.74) is 1.52. The van der Waals surface area contributed by atoms with Crippen molar-refractivity contribution in [1.29, 1.82) is 0 Å². The van der Waals surface area contributed by atoms with Gasteiger partial charge in [-0.15, -0.1) is 0 Å². The zero-order chi connectivity index (χ0) is 11.2. The quantitative estimate of drug-likeness (QED) is 0.465. The maximum Gasteiger partial charge on any atom is -0.00930 e. The van der Waals surface area contributed by atoms with E-state index in [1.807, 2.05) is 0 Å². The van der Waals surface area contributed by atoms with Crippen molar-refractivity contribution >= 4 is 0 Å². The third-order valence-electron chi connectivity index (χ3n) is 3.43. The Balaban J connectivity index is 1.71. The Morgan fingerprint density at radius 2 is 2.00 bits per heavy atom. The topological polar surface area (TPSA) is 0 Å². The molecule has 2 atom stereocenters. The molecule has 86 valence electrons. The summed E-state index contributed by atoms with van der Waals surface area (Å²) in [6, 6.07) is 10.9. The first-order chi connectivity index (χ1) is 7.92. The molecule has 0 N–H and O–H groups in total. The lowest BCUT2D eigenvalue weighted by Gasteiger charge is -1.96. The van der Waals surface area contributed by atoms with Crippen LogP contribution in [0.3, 0.4) is 0 Å². The molecule has 1 aliphatic rings. The first-order valence-corrected chi connectivity index (χ1v) is 6.63. The van der Waals surface area contributed by atoms with Gasteiger partial charge >= 0.3 is 0 Å². The summed E-state index contributed by atoms with van der Waals surface area (Å²) in [5, 5.41) is 0. The highest BCUT2D eigenvalue weighted by molar-refractivity contribution is 5.28. The molecule has 0 saturated heterocycles. The summed E-state index contributed by atoms with van der Waals surface area (Å²) in [4.78, 5) is 0. The van der Waals surface area contributed by atoms with E-state index in [0.717, 1.165) is 11.8 Å². The second kappa shape index (κ2) is 5.89. The van der Waals surface area contributed by atoms with E-state index >= 15 is 0 Å². The van der Waals surface area contributed by atoms with Gasteiger partial charge in [0, 0.05) is 0 Å². The predicted octanol–water partition coefficient (Wildman–Crippen LogP) is 4.93. The fraction of sp³-hybridized carbons (Fsp3) is 0.500. The Hall–Kier alpha value is -1.04. The van der Waals surface area contributed by atoms with Crippen LogP contribution in [0.25, 0.3) is 0 Å². The molecule has 1 saturated carbocycles. The van der Waals surface area contributed by atoms with Gasteiger partial charge in [0.25, 0.3) is 0 Å². The molecule has 0 aromatic heterocycles.